The number of likely N-dealkylation sites (tertiary alicyclic amines) is 1. The van der Waals surface area contributed by atoms with Crippen LogP contribution in [0.2, 0.25) is 0 Å². The van der Waals surface area contributed by atoms with E-state index in [1.807, 2.05) is 37.3 Å². The lowest BCUT2D eigenvalue weighted by molar-refractivity contribution is -0.118. The molecule has 2 aromatic carbocycles. The van der Waals surface area contributed by atoms with E-state index in [0.29, 0.717) is 24.9 Å². The minimum absolute atomic E-state index is 0.0931. The molecule has 0 aliphatic carbocycles. The van der Waals surface area contributed by atoms with Gasteiger partial charge in [-0.3, -0.25) is 9.69 Å². The Kier molecular flexibility index (Phi) is 6.05. The number of aryl methyl sites for hydroxylation is 1. The van der Waals surface area contributed by atoms with E-state index in [1.54, 1.807) is 7.11 Å². The van der Waals surface area contributed by atoms with Gasteiger partial charge in [-0.1, -0.05) is 24.3 Å². The number of carbonyl (C=O) groups is 1. The number of piperidine rings is 1. The Labute approximate surface area is 173 Å². The van der Waals surface area contributed by atoms with E-state index in [9.17, 15) is 4.79 Å². The van der Waals surface area contributed by atoms with E-state index < -0.39 is 0 Å². The summed E-state index contributed by atoms with van der Waals surface area (Å²) < 4.78 is 11.6. The largest absolute Gasteiger partial charge is 0.496 e. The number of benzene rings is 2. The van der Waals surface area contributed by atoms with E-state index in [-0.39, 0.29) is 5.91 Å². The van der Waals surface area contributed by atoms with Crippen LogP contribution >= 0.6 is 0 Å². The number of nitrogens with one attached hydrogen (secondary N) is 1. The van der Waals surface area contributed by atoms with Crippen molar-refractivity contribution in [3.63, 3.8) is 0 Å². The van der Waals surface area contributed by atoms with Gasteiger partial charge in [0.05, 0.1) is 19.4 Å². The Morgan fingerprint density at radius 2 is 2.03 bits per heavy atom. The quantitative estimate of drug-likeness (QED) is 0.845. The zero-order valence-electron chi connectivity index (χ0n) is 17.3. The van der Waals surface area contributed by atoms with E-state index in [4.69, 9.17) is 9.47 Å². The summed E-state index contributed by atoms with van der Waals surface area (Å²) in [5, 5.41) is 3.08. The van der Waals surface area contributed by atoms with Crippen LogP contribution in [0.1, 0.15) is 30.4 Å². The molecular weight excluding hydrogens is 364 g/mol. The number of ether oxygens (including phenoxy) is 2. The maximum absolute atomic E-state index is 12.7. The number of amides is 1. The van der Waals surface area contributed by atoms with Gasteiger partial charge in [0.25, 0.3) is 0 Å². The van der Waals surface area contributed by atoms with Crippen LogP contribution in [-0.4, -0.2) is 37.6 Å². The molecule has 4 rings (SSSR count). The Morgan fingerprint density at radius 3 is 2.90 bits per heavy atom. The van der Waals surface area contributed by atoms with Crippen LogP contribution in [0.5, 0.6) is 11.5 Å². The first-order valence-electron chi connectivity index (χ1n) is 10.5. The van der Waals surface area contributed by atoms with Crippen LogP contribution in [0.25, 0.3) is 0 Å². The normalized spacial score (nSPS) is 22.6. The van der Waals surface area contributed by atoms with Gasteiger partial charge in [0, 0.05) is 25.1 Å². The van der Waals surface area contributed by atoms with Crippen LogP contribution in [0.3, 0.4) is 0 Å². The summed E-state index contributed by atoms with van der Waals surface area (Å²) in [6.07, 6.45) is 2.59. The molecule has 2 aliphatic rings. The fourth-order valence-corrected chi connectivity index (χ4v) is 4.60. The molecule has 5 nitrogen and oxygen atoms in total. The van der Waals surface area contributed by atoms with Gasteiger partial charge < -0.3 is 14.8 Å². The van der Waals surface area contributed by atoms with E-state index in [0.717, 1.165) is 55.2 Å². The lowest BCUT2D eigenvalue weighted by Gasteiger charge is -2.39. The molecule has 1 N–H and O–H groups in total. The number of hydrogen-bond acceptors (Lipinski definition) is 4. The fraction of sp³-hybridized carbons (Fsp3) is 0.458. The number of hydrogen-bond donors (Lipinski definition) is 1. The van der Waals surface area contributed by atoms with Gasteiger partial charge in [-0.15, -0.1) is 0 Å². The molecule has 0 unspecified atom stereocenters. The van der Waals surface area contributed by atoms with Crippen LogP contribution in [0, 0.1) is 18.8 Å². The third kappa shape index (κ3) is 4.73. The molecule has 2 heterocycles. The molecule has 1 amide bonds. The summed E-state index contributed by atoms with van der Waals surface area (Å²) >= 11 is 0. The van der Waals surface area contributed by atoms with Crippen LogP contribution in [0.4, 0.5) is 5.69 Å². The molecule has 0 aromatic heterocycles. The highest BCUT2D eigenvalue weighted by Crippen LogP contribution is 2.34. The Bertz CT molecular complexity index is 867. The predicted octanol–water partition coefficient (Wildman–Crippen LogP) is 4.25. The molecule has 2 aliphatic heterocycles. The summed E-state index contributed by atoms with van der Waals surface area (Å²) in [4.78, 5) is 15.2. The number of carbonyl (C=O) groups excluding carboxylic acids is 1. The molecular formula is C24H30N2O3. The van der Waals surface area contributed by atoms with Gasteiger partial charge in [0.1, 0.15) is 11.5 Å². The lowest BCUT2D eigenvalue weighted by Crippen LogP contribution is -2.42. The van der Waals surface area contributed by atoms with Crippen molar-refractivity contribution >= 4 is 11.6 Å². The summed E-state index contributed by atoms with van der Waals surface area (Å²) in [7, 11) is 1.72. The smallest absolute Gasteiger partial charge is 0.224 e. The first-order chi connectivity index (χ1) is 14.1. The molecule has 2 aromatic rings. The molecule has 2 atom stereocenters. The number of methoxy groups -OCH3 is 1. The SMILES string of the molecule is COc1ccccc1CN1CC[C@H]2CC(=O)Nc3cc(C)ccc3OCC[C@H]2C1. The van der Waals surface area contributed by atoms with Gasteiger partial charge in [0.2, 0.25) is 5.91 Å². The maximum atomic E-state index is 12.7. The molecule has 5 heteroatoms. The molecule has 29 heavy (non-hydrogen) atoms. The average Bonchev–Trinajstić information content (AvgIpc) is 2.71. The minimum Gasteiger partial charge on any atom is -0.496 e. The van der Waals surface area contributed by atoms with Crippen molar-refractivity contribution in [2.75, 3.05) is 32.1 Å². The van der Waals surface area contributed by atoms with Gasteiger partial charge in [0.15, 0.2) is 0 Å². The first-order valence-corrected chi connectivity index (χ1v) is 10.5. The number of rotatable bonds is 3. The molecule has 0 radical (unpaired) electrons. The zero-order chi connectivity index (χ0) is 20.2. The average molecular weight is 395 g/mol. The number of para-hydroxylation sites is 1. The Balaban J connectivity index is 1.46. The highest BCUT2D eigenvalue weighted by Gasteiger charge is 2.32. The van der Waals surface area contributed by atoms with Crippen molar-refractivity contribution in [1.82, 2.24) is 4.90 Å². The third-order valence-corrected chi connectivity index (χ3v) is 6.16. The molecule has 0 bridgehead atoms. The summed E-state index contributed by atoms with van der Waals surface area (Å²) in [6.45, 7) is 5.57. The van der Waals surface area contributed by atoms with Gasteiger partial charge in [-0.25, -0.2) is 0 Å². The van der Waals surface area contributed by atoms with Crippen molar-refractivity contribution in [3.8, 4) is 11.5 Å². The molecule has 154 valence electrons. The van der Waals surface area contributed by atoms with Crippen molar-refractivity contribution in [2.45, 2.75) is 32.7 Å². The second kappa shape index (κ2) is 8.87. The van der Waals surface area contributed by atoms with E-state index >= 15 is 0 Å². The lowest BCUT2D eigenvalue weighted by atomic mass is 9.81. The van der Waals surface area contributed by atoms with Crippen molar-refractivity contribution in [1.29, 1.82) is 0 Å². The standard InChI is InChI=1S/C24H30N2O3/c1-17-7-8-23-21(13-17)25-24(27)14-18-9-11-26(15-19(18)10-12-29-23)16-20-5-3-4-6-22(20)28-2/h3-8,13,18-19H,9-12,14-16H2,1-2H3,(H,25,27)/t18-,19-/m0/s1. The fourth-order valence-electron chi connectivity index (χ4n) is 4.60. The van der Waals surface area contributed by atoms with Crippen molar-refractivity contribution < 1.29 is 14.3 Å². The second-order valence-electron chi connectivity index (χ2n) is 8.24. The summed E-state index contributed by atoms with van der Waals surface area (Å²) in [6, 6.07) is 14.2. The topological polar surface area (TPSA) is 50.8 Å². The molecule has 1 saturated heterocycles. The zero-order valence-corrected chi connectivity index (χ0v) is 17.3. The van der Waals surface area contributed by atoms with Gasteiger partial charge >= 0.3 is 0 Å². The van der Waals surface area contributed by atoms with Gasteiger partial charge in [-0.05, 0) is 61.9 Å². The van der Waals surface area contributed by atoms with Gasteiger partial charge in [-0.2, -0.15) is 0 Å². The van der Waals surface area contributed by atoms with Crippen LogP contribution in [-0.2, 0) is 11.3 Å². The number of nitrogens with zero attached hydrogens (tertiary/aromatic N) is 1. The van der Waals surface area contributed by atoms with Crippen molar-refractivity contribution in [2.24, 2.45) is 11.8 Å². The minimum atomic E-state index is 0.0931. The monoisotopic (exact) mass is 394 g/mol. The molecule has 0 spiro atoms. The number of anilines is 1. The Hall–Kier alpha value is -2.53. The highest BCUT2D eigenvalue weighted by molar-refractivity contribution is 5.92. The highest BCUT2D eigenvalue weighted by atomic mass is 16.5. The van der Waals surface area contributed by atoms with Crippen LogP contribution in [0.15, 0.2) is 42.5 Å². The molecule has 0 saturated carbocycles. The first kappa shape index (κ1) is 19.8. The molecule has 1 fully saturated rings. The second-order valence-corrected chi connectivity index (χ2v) is 8.24. The summed E-state index contributed by atoms with van der Waals surface area (Å²) in [5.74, 6) is 2.66. The van der Waals surface area contributed by atoms with Crippen LogP contribution < -0.4 is 14.8 Å². The van der Waals surface area contributed by atoms with Crippen molar-refractivity contribution in [3.05, 3.63) is 53.6 Å². The summed E-state index contributed by atoms with van der Waals surface area (Å²) in [5.41, 5.74) is 3.13. The predicted molar refractivity (Wildman–Crippen MR) is 114 cm³/mol. The van der Waals surface area contributed by atoms with E-state index in [1.165, 1.54) is 5.56 Å². The van der Waals surface area contributed by atoms with E-state index in [2.05, 4.69) is 22.3 Å². The third-order valence-electron chi connectivity index (χ3n) is 6.16. The maximum Gasteiger partial charge on any atom is 0.224 e. The Morgan fingerprint density at radius 1 is 1.17 bits per heavy atom. The number of fused-ring (bicyclic) bond motifs is 2.